The lowest BCUT2D eigenvalue weighted by molar-refractivity contribution is 0.101. The number of aromatic nitrogens is 1. The molecule has 0 aliphatic heterocycles. The van der Waals surface area contributed by atoms with Gasteiger partial charge in [-0.1, -0.05) is 45.0 Å². The molecule has 0 atom stereocenters. The summed E-state index contributed by atoms with van der Waals surface area (Å²) in [5.74, 6) is 0.0423. The van der Waals surface area contributed by atoms with Gasteiger partial charge in [-0.2, -0.15) is 0 Å². The second-order valence-corrected chi connectivity index (χ2v) is 5.85. The van der Waals surface area contributed by atoms with Crippen LogP contribution in [0.25, 0.3) is 11.1 Å². The van der Waals surface area contributed by atoms with Crippen LogP contribution in [0.1, 0.15) is 43.6 Å². The molecule has 0 aliphatic rings. The fraction of sp³-hybridized carbons (Fsp3) is 0.294. The predicted molar refractivity (Wildman–Crippen MR) is 78.4 cm³/mol. The third-order valence-electron chi connectivity index (χ3n) is 3.23. The van der Waals surface area contributed by atoms with E-state index in [9.17, 15) is 4.79 Å². The van der Waals surface area contributed by atoms with Gasteiger partial charge in [-0.15, -0.1) is 0 Å². The average Bonchev–Trinajstić information content (AvgIpc) is 2.38. The quantitative estimate of drug-likeness (QED) is 0.749. The minimum Gasteiger partial charge on any atom is -0.294 e. The van der Waals surface area contributed by atoms with Gasteiger partial charge >= 0.3 is 0 Å². The van der Waals surface area contributed by atoms with Gasteiger partial charge in [0.1, 0.15) is 0 Å². The Balaban J connectivity index is 2.37. The Hall–Kier alpha value is -1.96. The van der Waals surface area contributed by atoms with E-state index in [0.29, 0.717) is 5.56 Å². The monoisotopic (exact) mass is 253 g/mol. The maximum atomic E-state index is 11.4. The maximum absolute atomic E-state index is 11.4. The number of ketones is 1. The van der Waals surface area contributed by atoms with Crippen molar-refractivity contribution in [3.05, 3.63) is 53.9 Å². The molecule has 0 saturated heterocycles. The second kappa shape index (κ2) is 4.96. The highest BCUT2D eigenvalue weighted by Gasteiger charge is 2.13. The maximum Gasteiger partial charge on any atom is 0.161 e. The van der Waals surface area contributed by atoms with Crippen molar-refractivity contribution in [2.24, 2.45) is 0 Å². The molecule has 0 radical (unpaired) electrons. The van der Waals surface area contributed by atoms with Crippen molar-refractivity contribution in [2.45, 2.75) is 33.1 Å². The van der Waals surface area contributed by atoms with Gasteiger partial charge < -0.3 is 0 Å². The highest BCUT2D eigenvalue weighted by Crippen LogP contribution is 2.26. The van der Waals surface area contributed by atoms with Gasteiger partial charge in [-0.3, -0.25) is 9.78 Å². The molecular weight excluding hydrogens is 234 g/mol. The second-order valence-electron chi connectivity index (χ2n) is 5.85. The van der Waals surface area contributed by atoms with E-state index < -0.39 is 0 Å². The van der Waals surface area contributed by atoms with Gasteiger partial charge in [-0.25, -0.2) is 0 Å². The minimum absolute atomic E-state index is 0.0423. The van der Waals surface area contributed by atoms with Crippen molar-refractivity contribution >= 4 is 5.78 Å². The molecule has 0 fully saturated rings. The number of pyridine rings is 1. The number of hydrogen-bond acceptors (Lipinski definition) is 2. The van der Waals surface area contributed by atoms with E-state index in [1.165, 1.54) is 5.56 Å². The van der Waals surface area contributed by atoms with E-state index in [-0.39, 0.29) is 11.2 Å². The minimum atomic E-state index is 0.0423. The molecule has 2 heteroatoms. The fourth-order valence-corrected chi connectivity index (χ4v) is 1.95. The largest absolute Gasteiger partial charge is 0.294 e. The van der Waals surface area contributed by atoms with Crippen LogP contribution in [0.3, 0.4) is 0 Å². The van der Waals surface area contributed by atoms with Gasteiger partial charge in [-0.05, 0) is 29.5 Å². The first kappa shape index (κ1) is 13.5. The lowest BCUT2D eigenvalue weighted by atomic mass is 9.86. The van der Waals surface area contributed by atoms with Crippen LogP contribution in [0, 0.1) is 0 Å². The highest BCUT2D eigenvalue weighted by atomic mass is 16.1. The Morgan fingerprint density at radius 3 is 2.16 bits per heavy atom. The van der Waals surface area contributed by atoms with Crippen molar-refractivity contribution in [2.75, 3.05) is 0 Å². The van der Waals surface area contributed by atoms with Crippen LogP contribution in [-0.2, 0) is 5.41 Å². The van der Waals surface area contributed by atoms with E-state index >= 15 is 0 Å². The number of hydrogen-bond donors (Lipinski definition) is 0. The molecule has 19 heavy (non-hydrogen) atoms. The lowest BCUT2D eigenvalue weighted by Gasteiger charge is -2.19. The highest BCUT2D eigenvalue weighted by molar-refractivity contribution is 5.94. The molecular formula is C17H19NO. The Morgan fingerprint density at radius 1 is 1.00 bits per heavy atom. The summed E-state index contributed by atoms with van der Waals surface area (Å²) in [6, 6.07) is 10.3. The van der Waals surface area contributed by atoms with E-state index in [2.05, 4.69) is 50.0 Å². The molecule has 0 bridgehead atoms. The molecule has 2 aromatic rings. The normalized spacial score (nSPS) is 11.4. The number of carbonyl (C=O) groups excluding carboxylic acids is 1. The first-order valence-electron chi connectivity index (χ1n) is 6.45. The molecule has 0 amide bonds. The Bertz CT molecular complexity index is 591. The molecule has 98 valence electrons. The van der Waals surface area contributed by atoms with Crippen LogP contribution in [0.2, 0.25) is 0 Å². The zero-order chi connectivity index (χ0) is 14.0. The van der Waals surface area contributed by atoms with Crippen molar-refractivity contribution in [1.29, 1.82) is 0 Å². The van der Waals surface area contributed by atoms with E-state index in [1.54, 1.807) is 19.3 Å². The van der Waals surface area contributed by atoms with Crippen LogP contribution in [0.15, 0.2) is 42.7 Å². The molecule has 1 heterocycles. The summed E-state index contributed by atoms with van der Waals surface area (Å²) in [7, 11) is 0. The molecule has 0 N–H and O–H groups in total. The van der Waals surface area contributed by atoms with Gasteiger partial charge in [0.25, 0.3) is 0 Å². The number of carbonyl (C=O) groups is 1. The molecule has 1 aromatic carbocycles. The Labute approximate surface area is 114 Å². The summed E-state index contributed by atoms with van der Waals surface area (Å²) in [4.78, 5) is 15.5. The topological polar surface area (TPSA) is 30.0 Å². The van der Waals surface area contributed by atoms with Crippen LogP contribution in [0.5, 0.6) is 0 Å². The molecule has 0 unspecified atom stereocenters. The summed E-state index contributed by atoms with van der Waals surface area (Å²) in [6.07, 6.45) is 3.40. The summed E-state index contributed by atoms with van der Waals surface area (Å²) in [5, 5.41) is 0. The Kier molecular flexibility index (Phi) is 3.52. The lowest BCUT2D eigenvalue weighted by Crippen LogP contribution is -2.10. The van der Waals surface area contributed by atoms with E-state index in [4.69, 9.17) is 0 Å². The summed E-state index contributed by atoms with van der Waals surface area (Å²) in [6.45, 7) is 8.14. The SMILES string of the molecule is CC(=O)c1cncc(-c2ccc(C(C)(C)C)cc2)c1. The van der Waals surface area contributed by atoms with Crippen molar-refractivity contribution < 1.29 is 4.79 Å². The van der Waals surface area contributed by atoms with Crippen molar-refractivity contribution in [3.63, 3.8) is 0 Å². The number of nitrogens with zero attached hydrogens (tertiary/aromatic N) is 1. The van der Waals surface area contributed by atoms with Gasteiger partial charge in [0.15, 0.2) is 5.78 Å². The standard InChI is InChI=1S/C17H19NO/c1-12(19)14-9-15(11-18-10-14)13-5-7-16(8-6-13)17(2,3)4/h5-11H,1-4H3. The van der Waals surface area contributed by atoms with Gasteiger partial charge in [0.05, 0.1) is 0 Å². The Morgan fingerprint density at radius 2 is 1.63 bits per heavy atom. The summed E-state index contributed by atoms with van der Waals surface area (Å²) in [5.41, 5.74) is 4.17. The van der Waals surface area contributed by atoms with Crippen molar-refractivity contribution in [1.82, 2.24) is 4.98 Å². The van der Waals surface area contributed by atoms with E-state index in [1.807, 2.05) is 6.07 Å². The smallest absolute Gasteiger partial charge is 0.161 e. The molecule has 1 aromatic heterocycles. The molecule has 2 rings (SSSR count). The first-order chi connectivity index (χ1) is 8.88. The van der Waals surface area contributed by atoms with Crippen molar-refractivity contribution in [3.8, 4) is 11.1 Å². The summed E-state index contributed by atoms with van der Waals surface area (Å²) < 4.78 is 0. The van der Waals surface area contributed by atoms with E-state index in [0.717, 1.165) is 11.1 Å². The van der Waals surface area contributed by atoms with Crippen LogP contribution >= 0.6 is 0 Å². The van der Waals surface area contributed by atoms with Crippen LogP contribution in [0.4, 0.5) is 0 Å². The number of rotatable bonds is 2. The van der Waals surface area contributed by atoms with Crippen LogP contribution in [-0.4, -0.2) is 10.8 Å². The number of benzene rings is 1. The first-order valence-corrected chi connectivity index (χ1v) is 6.45. The van der Waals surface area contributed by atoms with Gasteiger partial charge in [0, 0.05) is 23.5 Å². The predicted octanol–water partition coefficient (Wildman–Crippen LogP) is 4.25. The average molecular weight is 253 g/mol. The fourth-order valence-electron chi connectivity index (χ4n) is 1.95. The molecule has 2 nitrogen and oxygen atoms in total. The molecule has 0 saturated carbocycles. The zero-order valence-corrected chi connectivity index (χ0v) is 11.9. The third kappa shape index (κ3) is 3.08. The zero-order valence-electron chi connectivity index (χ0n) is 11.9. The third-order valence-corrected chi connectivity index (χ3v) is 3.23. The molecule has 0 aliphatic carbocycles. The van der Waals surface area contributed by atoms with Gasteiger partial charge in [0.2, 0.25) is 0 Å². The van der Waals surface area contributed by atoms with Crippen LogP contribution < -0.4 is 0 Å². The summed E-state index contributed by atoms with van der Waals surface area (Å²) >= 11 is 0. The number of Topliss-reactive ketones (excluding diaryl/α,β-unsaturated/α-hetero) is 1. The molecule has 0 spiro atoms.